The van der Waals surface area contributed by atoms with Crippen molar-refractivity contribution in [1.82, 2.24) is 9.13 Å². The van der Waals surface area contributed by atoms with Crippen LogP contribution in [-0.2, 0) is 0 Å². The third-order valence-electron chi connectivity index (χ3n) is 9.61. The third kappa shape index (κ3) is 4.38. The molecule has 0 aliphatic rings. The van der Waals surface area contributed by atoms with E-state index in [2.05, 4.69) is 88.0 Å². The van der Waals surface area contributed by atoms with E-state index in [0.29, 0.717) is 16.7 Å². The second kappa shape index (κ2) is 11.4. The molecule has 230 valence electrons. The minimum atomic E-state index is 0.559. The largest absolute Gasteiger partial charge is 0.309 e. The van der Waals surface area contributed by atoms with E-state index in [0.717, 1.165) is 77.2 Å². The minimum Gasteiger partial charge on any atom is -0.309 e. The van der Waals surface area contributed by atoms with Crippen LogP contribution in [0.25, 0.3) is 77.2 Å². The number of benzene rings is 7. The van der Waals surface area contributed by atoms with E-state index in [1.54, 1.807) is 0 Å². The van der Waals surface area contributed by atoms with Gasteiger partial charge in [-0.15, -0.1) is 0 Å². The average molecular weight is 636 g/mol. The quantitative estimate of drug-likeness (QED) is 0.193. The molecule has 0 aliphatic heterocycles. The number of para-hydroxylation sites is 3. The smallest absolute Gasteiger partial charge is 0.101 e. The van der Waals surface area contributed by atoms with Gasteiger partial charge in [0.2, 0.25) is 0 Å². The molecule has 2 aromatic heterocycles. The van der Waals surface area contributed by atoms with E-state index >= 15 is 0 Å². The highest BCUT2D eigenvalue weighted by Gasteiger charge is 2.18. The zero-order chi connectivity index (χ0) is 33.8. The lowest BCUT2D eigenvalue weighted by molar-refractivity contribution is 1.17. The van der Waals surface area contributed by atoms with Crippen LogP contribution >= 0.6 is 0 Å². The van der Waals surface area contributed by atoms with E-state index in [9.17, 15) is 15.8 Å². The van der Waals surface area contributed by atoms with Crippen LogP contribution < -0.4 is 0 Å². The van der Waals surface area contributed by atoms with Crippen molar-refractivity contribution in [2.24, 2.45) is 0 Å². The summed E-state index contributed by atoms with van der Waals surface area (Å²) in [5.41, 5.74) is 11.3. The zero-order valence-corrected chi connectivity index (χ0v) is 26.7. The fraction of sp³-hybridized carbons (Fsp3) is 0. The molecule has 0 spiro atoms. The SMILES string of the molecule is N#Cc1ccc(-n2c3ccccc3c3cc(C#N)ccc32)c(-c2cccc(-c3ccc(-n4c5ccccc5c5ccccc54)c(C#N)c3)c2)c1. The Morgan fingerprint density at radius 3 is 1.54 bits per heavy atom. The molecular weight excluding hydrogens is 611 g/mol. The first-order valence-corrected chi connectivity index (χ1v) is 16.3. The zero-order valence-electron chi connectivity index (χ0n) is 26.7. The molecule has 0 N–H and O–H groups in total. The summed E-state index contributed by atoms with van der Waals surface area (Å²) < 4.78 is 4.39. The van der Waals surface area contributed by atoms with E-state index < -0.39 is 0 Å². The maximum atomic E-state index is 10.5. The van der Waals surface area contributed by atoms with Crippen LogP contribution in [0.3, 0.4) is 0 Å². The predicted molar refractivity (Wildman–Crippen MR) is 200 cm³/mol. The molecule has 0 radical (unpaired) electrons. The Balaban J connectivity index is 1.21. The molecule has 9 aromatic rings. The van der Waals surface area contributed by atoms with Crippen LogP contribution in [0.15, 0.2) is 152 Å². The molecular formula is C45H25N5. The second-order valence-electron chi connectivity index (χ2n) is 12.3. The molecule has 50 heavy (non-hydrogen) atoms. The van der Waals surface area contributed by atoms with E-state index in [-0.39, 0.29) is 0 Å². The van der Waals surface area contributed by atoms with Gasteiger partial charge in [-0.05, 0) is 89.5 Å². The predicted octanol–water partition coefficient (Wildman–Crippen LogP) is 10.8. The highest BCUT2D eigenvalue weighted by atomic mass is 15.0. The Kier molecular flexibility index (Phi) is 6.56. The van der Waals surface area contributed by atoms with Crippen molar-refractivity contribution in [3.63, 3.8) is 0 Å². The van der Waals surface area contributed by atoms with Crippen LogP contribution in [0.1, 0.15) is 16.7 Å². The number of hydrogen-bond donors (Lipinski definition) is 0. The Morgan fingerprint density at radius 1 is 0.360 bits per heavy atom. The van der Waals surface area contributed by atoms with E-state index in [1.165, 1.54) is 0 Å². The molecule has 0 saturated carbocycles. The van der Waals surface area contributed by atoms with E-state index in [1.807, 2.05) is 91.0 Å². The number of hydrogen-bond acceptors (Lipinski definition) is 3. The number of rotatable bonds is 4. The molecule has 9 rings (SSSR count). The topological polar surface area (TPSA) is 81.2 Å². The number of aromatic nitrogens is 2. The molecule has 0 aliphatic carbocycles. The molecule has 0 fully saturated rings. The fourth-order valence-corrected chi connectivity index (χ4v) is 7.38. The van der Waals surface area contributed by atoms with Crippen molar-refractivity contribution in [2.75, 3.05) is 0 Å². The Bertz CT molecular complexity index is 2920. The molecule has 0 amide bonds. The molecule has 7 aromatic carbocycles. The highest BCUT2D eigenvalue weighted by Crippen LogP contribution is 2.39. The third-order valence-corrected chi connectivity index (χ3v) is 9.61. The van der Waals surface area contributed by atoms with Gasteiger partial charge in [0, 0.05) is 27.1 Å². The van der Waals surface area contributed by atoms with Gasteiger partial charge in [0.15, 0.2) is 0 Å². The second-order valence-corrected chi connectivity index (χ2v) is 12.3. The van der Waals surface area contributed by atoms with Crippen molar-refractivity contribution in [1.29, 1.82) is 15.8 Å². The Hall–Kier alpha value is -7.39. The van der Waals surface area contributed by atoms with Gasteiger partial charge >= 0.3 is 0 Å². The first kappa shape index (κ1) is 28.8. The summed E-state index contributed by atoms with van der Waals surface area (Å²) in [6.07, 6.45) is 0. The molecule has 0 saturated heterocycles. The number of nitrogens with zero attached hydrogens (tertiary/aromatic N) is 5. The Labute approximate surface area is 287 Å². The molecule has 5 heteroatoms. The van der Waals surface area contributed by atoms with Crippen molar-refractivity contribution >= 4 is 43.6 Å². The van der Waals surface area contributed by atoms with Crippen LogP contribution in [-0.4, -0.2) is 9.13 Å². The lowest BCUT2D eigenvalue weighted by Gasteiger charge is -2.16. The lowest BCUT2D eigenvalue weighted by Crippen LogP contribution is -1.99. The van der Waals surface area contributed by atoms with Crippen LogP contribution in [0.2, 0.25) is 0 Å². The van der Waals surface area contributed by atoms with E-state index in [4.69, 9.17) is 0 Å². The van der Waals surface area contributed by atoms with Gasteiger partial charge in [0.1, 0.15) is 6.07 Å². The summed E-state index contributed by atoms with van der Waals surface area (Å²) in [7, 11) is 0. The van der Waals surface area contributed by atoms with Gasteiger partial charge in [0.25, 0.3) is 0 Å². The molecule has 0 atom stereocenters. The molecule has 2 heterocycles. The van der Waals surface area contributed by atoms with Crippen molar-refractivity contribution < 1.29 is 0 Å². The monoisotopic (exact) mass is 635 g/mol. The summed E-state index contributed by atoms with van der Waals surface area (Å²) >= 11 is 0. The maximum absolute atomic E-state index is 10.5. The molecule has 5 nitrogen and oxygen atoms in total. The van der Waals surface area contributed by atoms with Gasteiger partial charge in [-0.2, -0.15) is 15.8 Å². The Morgan fingerprint density at radius 2 is 0.880 bits per heavy atom. The average Bonchev–Trinajstić information content (AvgIpc) is 3.70. The van der Waals surface area contributed by atoms with Crippen molar-refractivity contribution in [3.05, 3.63) is 168 Å². The van der Waals surface area contributed by atoms with Gasteiger partial charge in [-0.25, -0.2) is 0 Å². The fourth-order valence-electron chi connectivity index (χ4n) is 7.38. The number of fused-ring (bicyclic) bond motifs is 6. The van der Waals surface area contributed by atoms with Crippen LogP contribution in [0, 0.1) is 34.0 Å². The maximum Gasteiger partial charge on any atom is 0.101 e. The van der Waals surface area contributed by atoms with Gasteiger partial charge in [-0.3, -0.25) is 0 Å². The molecule has 0 bridgehead atoms. The summed E-state index contributed by atoms with van der Waals surface area (Å²) in [5.74, 6) is 0. The van der Waals surface area contributed by atoms with Crippen LogP contribution in [0.5, 0.6) is 0 Å². The highest BCUT2D eigenvalue weighted by molar-refractivity contribution is 6.11. The first-order valence-electron chi connectivity index (χ1n) is 16.3. The van der Waals surface area contributed by atoms with Crippen molar-refractivity contribution in [2.45, 2.75) is 0 Å². The van der Waals surface area contributed by atoms with Crippen LogP contribution in [0.4, 0.5) is 0 Å². The summed E-state index contributed by atoms with van der Waals surface area (Å²) in [6, 6.07) is 57.7. The number of nitriles is 3. The van der Waals surface area contributed by atoms with Gasteiger partial charge < -0.3 is 9.13 Å². The summed E-state index contributed by atoms with van der Waals surface area (Å²) in [5, 5.41) is 34.4. The molecule has 0 unspecified atom stereocenters. The normalized spacial score (nSPS) is 11.1. The standard InChI is InChI=1S/C45H25N5/c46-26-29-16-19-44(50-43-15-6-3-12-37(43)39-23-30(27-47)17-20-45(39)50)38(22-29)33-9-7-8-31(24-33)32-18-21-40(34(25-32)28-48)49-41-13-4-1-10-35(41)36-11-2-5-14-42(36)49/h1-25H. The van der Waals surface area contributed by atoms with Gasteiger partial charge in [-0.1, -0.05) is 78.9 Å². The minimum absolute atomic E-state index is 0.559. The first-order chi connectivity index (χ1) is 24.7. The summed E-state index contributed by atoms with van der Waals surface area (Å²) in [6.45, 7) is 0. The lowest BCUT2D eigenvalue weighted by atomic mass is 9.95. The summed E-state index contributed by atoms with van der Waals surface area (Å²) in [4.78, 5) is 0. The van der Waals surface area contributed by atoms with Crippen molar-refractivity contribution in [3.8, 4) is 51.8 Å². The van der Waals surface area contributed by atoms with Gasteiger partial charge in [0.05, 0.1) is 62.3 Å².